The van der Waals surface area contributed by atoms with Gasteiger partial charge in [-0.15, -0.1) is 0 Å². The van der Waals surface area contributed by atoms with E-state index >= 15 is 0 Å². The summed E-state index contributed by atoms with van der Waals surface area (Å²) in [4.78, 5) is 4.71. The Balaban J connectivity index is 1.91. The average Bonchev–Trinajstić information content (AvgIpc) is 2.82. The van der Waals surface area contributed by atoms with Crippen LogP contribution in [0.15, 0.2) is 59.6 Å². The van der Waals surface area contributed by atoms with E-state index < -0.39 is 0 Å². The molecule has 22 heavy (non-hydrogen) atoms. The molecule has 1 aliphatic heterocycles. The van der Waals surface area contributed by atoms with Crippen molar-refractivity contribution in [3.63, 3.8) is 0 Å². The molecule has 0 aromatic heterocycles. The number of benzene rings is 2. The highest BCUT2D eigenvalue weighted by atomic mass is 35.5. The summed E-state index contributed by atoms with van der Waals surface area (Å²) in [6.45, 7) is 0.930. The zero-order valence-corrected chi connectivity index (χ0v) is 13.4. The highest BCUT2D eigenvalue weighted by Gasteiger charge is 2.16. The van der Waals surface area contributed by atoms with Gasteiger partial charge in [0.2, 0.25) is 0 Å². The van der Waals surface area contributed by atoms with Crippen LogP contribution < -0.4 is 5.32 Å². The Labute approximate surface area is 137 Å². The number of rotatable bonds is 3. The number of nitrogens with one attached hydrogen (secondary N) is 1. The summed E-state index contributed by atoms with van der Waals surface area (Å²) < 4.78 is 0. The minimum atomic E-state index is 0.0942. The molecule has 2 aromatic rings. The topological polar surface area (TPSA) is 24.4 Å². The smallest absolute Gasteiger partial charge is 0.0970 e. The van der Waals surface area contributed by atoms with Gasteiger partial charge >= 0.3 is 0 Å². The summed E-state index contributed by atoms with van der Waals surface area (Å²) in [6, 6.07) is 18.6. The maximum absolute atomic E-state index is 6.19. The first-order valence-corrected chi connectivity index (χ1v) is 8.31. The second-order valence-electron chi connectivity index (χ2n) is 5.68. The van der Waals surface area contributed by atoms with Crippen LogP contribution in [0.1, 0.15) is 42.9 Å². The standard InChI is InChI=1S/C19H21ClN2/c20-17-11-7-10-16(14-17)19(15-8-3-1-4-9-15)22-18-12-5-2-6-13-21-18/h1,3-4,7-11,14,19H,2,5-6,12-13H2,(H,21,22). The van der Waals surface area contributed by atoms with E-state index in [0.29, 0.717) is 0 Å². The molecular formula is C19H21ClN2. The van der Waals surface area contributed by atoms with E-state index in [9.17, 15) is 0 Å². The van der Waals surface area contributed by atoms with Crippen LogP contribution in [0.5, 0.6) is 0 Å². The van der Waals surface area contributed by atoms with Crippen molar-refractivity contribution >= 4 is 17.4 Å². The lowest BCUT2D eigenvalue weighted by atomic mass is 9.98. The number of hydrogen-bond acceptors (Lipinski definition) is 2. The molecule has 0 aliphatic carbocycles. The third-order valence-corrected chi connectivity index (χ3v) is 4.24. The first-order chi connectivity index (χ1) is 10.8. The molecule has 1 atom stereocenters. The molecular weight excluding hydrogens is 292 g/mol. The number of amidine groups is 1. The second kappa shape index (κ2) is 7.46. The Morgan fingerprint density at radius 1 is 0.909 bits per heavy atom. The largest absolute Gasteiger partial charge is 0.363 e. The summed E-state index contributed by atoms with van der Waals surface area (Å²) in [6.07, 6.45) is 4.70. The van der Waals surface area contributed by atoms with Crippen LogP contribution in [0.4, 0.5) is 0 Å². The third-order valence-electron chi connectivity index (χ3n) is 4.00. The Morgan fingerprint density at radius 2 is 1.73 bits per heavy atom. The van der Waals surface area contributed by atoms with Gasteiger partial charge in [-0.05, 0) is 36.1 Å². The minimum Gasteiger partial charge on any atom is -0.363 e. The quantitative estimate of drug-likeness (QED) is 0.848. The summed E-state index contributed by atoms with van der Waals surface area (Å²) >= 11 is 6.19. The fraction of sp³-hybridized carbons (Fsp3) is 0.316. The number of nitrogens with zero attached hydrogens (tertiary/aromatic N) is 1. The van der Waals surface area contributed by atoms with Crippen LogP contribution in [0, 0.1) is 0 Å². The van der Waals surface area contributed by atoms with Crippen LogP contribution >= 0.6 is 11.6 Å². The molecule has 0 saturated carbocycles. The first-order valence-electron chi connectivity index (χ1n) is 7.93. The Morgan fingerprint density at radius 3 is 2.55 bits per heavy atom. The summed E-state index contributed by atoms with van der Waals surface area (Å²) in [5, 5.41) is 4.41. The van der Waals surface area contributed by atoms with E-state index in [1.807, 2.05) is 24.3 Å². The van der Waals surface area contributed by atoms with Crippen molar-refractivity contribution < 1.29 is 0 Å². The van der Waals surface area contributed by atoms with Gasteiger partial charge in [0.05, 0.1) is 11.9 Å². The van der Waals surface area contributed by atoms with E-state index in [1.54, 1.807) is 0 Å². The Kier molecular flexibility index (Phi) is 5.12. The molecule has 0 spiro atoms. The zero-order chi connectivity index (χ0) is 15.2. The number of halogens is 1. The van der Waals surface area contributed by atoms with Crippen molar-refractivity contribution in [2.45, 2.75) is 31.7 Å². The average molecular weight is 313 g/mol. The third kappa shape index (κ3) is 3.89. The second-order valence-corrected chi connectivity index (χ2v) is 6.12. The van der Waals surface area contributed by atoms with Gasteiger partial charge in [0, 0.05) is 18.0 Å². The van der Waals surface area contributed by atoms with Crippen LogP contribution in [0.2, 0.25) is 5.02 Å². The fourth-order valence-electron chi connectivity index (χ4n) is 2.85. The predicted octanol–water partition coefficient (Wildman–Crippen LogP) is 4.99. The summed E-state index contributed by atoms with van der Waals surface area (Å²) in [7, 11) is 0. The van der Waals surface area contributed by atoms with Crippen molar-refractivity contribution in [1.29, 1.82) is 0 Å². The van der Waals surface area contributed by atoms with Crippen LogP contribution in [0.25, 0.3) is 0 Å². The molecule has 1 heterocycles. The molecule has 2 nitrogen and oxygen atoms in total. The van der Waals surface area contributed by atoms with Gasteiger partial charge in [0.15, 0.2) is 0 Å². The van der Waals surface area contributed by atoms with Crippen LogP contribution in [0.3, 0.4) is 0 Å². The van der Waals surface area contributed by atoms with E-state index in [-0.39, 0.29) is 6.04 Å². The van der Waals surface area contributed by atoms with Gasteiger partial charge in [-0.25, -0.2) is 0 Å². The van der Waals surface area contributed by atoms with Crippen molar-refractivity contribution in [1.82, 2.24) is 5.32 Å². The molecule has 3 rings (SSSR count). The van der Waals surface area contributed by atoms with E-state index in [1.165, 1.54) is 30.4 Å². The lowest BCUT2D eigenvalue weighted by Gasteiger charge is -2.22. The van der Waals surface area contributed by atoms with Gasteiger partial charge in [-0.1, -0.05) is 60.5 Å². The molecule has 0 fully saturated rings. The Bertz CT molecular complexity index is 637. The van der Waals surface area contributed by atoms with E-state index in [0.717, 1.165) is 23.8 Å². The van der Waals surface area contributed by atoms with Crippen molar-refractivity contribution in [2.24, 2.45) is 4.99 Å². The van der Waals surface area contributed by atoms with Gasteiger partial charge in [-0.3, -0.25) is 4.99 Å². The summed E-state index contributed by atoms with van der Waals surface area (Å²) in [5.74, 6) is 1.12. The van der Waals surface area contributed by atoms with Crippen LogP contribution in [-0.2, 0) is 0 Å². The monoisotopic (exact) mass is 312 g/mol. The number of aliphatic imine (C=N–C) groups is 1. The SMILES string of the molecule is Clc1cccc(C(NC2=NCCCCC2)c2ccccc2)c1. The molecule has 0 saturated heterocycles. The molecule has 0 bridgehead atoms. The molecule has 0 amide bonds. The lowest BCUT2D eigenvalue weighted by molar-refractivity contribution is 0.717. The van der Waals surface area contributed by atoms with Crippen molar-refractivity contribution in [3.05, 3.63) is 70.7 Å². The van der Waals surface area contributed by atoms with Gasteiger partial charge in [0.25, 0.3) is 0 Å². The van der Waals surface area contributed by atoms with Crippen molar-refractivity contribution in [2.75, 3.05) is 6.54 Å². The van der Waals surface area contributed by atoms with E-state index in [2.05, 4.69) is 35.6 Å². The molecule has 114 valence electrons. The molecule has 0 radical (unpaired) electrons. The fourth-order valence-corrected chi connectivity index (χ4v) is 3.05. The highest BCUT2D eigenvalue weighted by molar-refractivity contribution is 6.30. The molecule has 2 aromatic carbocycles. The van der Waals surface area contributed by atoms with Gasteiger partial charge in [0.1, 0.15) is 0 Å². The van der Waals surface area contributed by atoms with Gasteiger partial charge in [-0.2, -0.15) is 0 Å². The first kappa shape index (κ1) is 15.1. The summed E-state index contributed by atoms with van der Waals surface area (Å²) in [5.41, 5.74) is 2.40. The molecule has 3 heteroatoms. The van der Waals surface area contributed by atoms with E-state index in [4.69, 9.17) is 16.6 Å². The highest BCUT2D eigenvalue weighted by Crippen LogP contribution is 2.25. The maximum Gasteiger partial charge on any atom is 0.0970 e. The Hall–Kier alpha value is -1.80. The minimum absolute atomic E-state index is 0.0942. The maximum atomic E-state index is 6.19. The predicted molar refractivity (Wildman–Crippen MR) is 93.6 cm³/mol. The van der Waals surface area contributed by atoms with Gasteiger partial charge < -0.3 is 5.32 Å². The normalized spacial score (nSPS) is 16.5. The van der Waals surface area contributed by atoms with Crippen LogP contribution in [-0.4, -0.2) is 12.4 Å². The lowest BCUT2D eigenvalue weighted by Crippen LogP contribution is -2.29. The van der Waals surface area contributed by atoms with Crippen molar-refractivity contribution in [3.8, 4) is 0 Å². The zero-order valence-electron chi connectivity index (χ0n) is 12.6. The number of hydrogen-bond donors (Lipinski definition) is 1. The molecule has 1 N–H and O–H groups in total. The molecule has 1 aliphatic rings. The molecule has 1 unspecified atom stereocenters.